The van der Waals surface area contributed by atoms with Gasteiger partial charge >= 0.3 is 0 Å². The van der Waals surface area contributed by atoms with E-state index in [0.29, 0.717) is 11.3 Å². The molecule has 0 aliphatic rings. The van der Waals surface area contributed by atoms with Crippen molar-refractivity contribution < 1.29 is 4.74 Å². The van der Waals surface area contributed by atoms with Crippen LogP contribution in [0.2, 0.25) is 0 Å². The Morgan fingerprint density at radius 3 is 2.53 bits per heavy atom. The standard InChI is InChI=1S/C16H21NO2/c1-10(2)7-12-8-16(18)14-9-13(19-11(3)4)5-6-15(14)17-12/h5-6,8-11H,7H2,1-4H3,(H,17,18). The highest BCUT2D eigenvalue weighted by molar-refractivity contribution is 5.80. The van der Waals surface area contributed by atoms with E-state index in [1.54, 1.807) is 6.07 Å². The number of hydrogen-bond donors (Lipinski definition) is 1. The lowest BCUT2D eigenvalue weighted by atomic mass is 10.1. The Morgan fingerprint density at radius 1 is 1.16 bits per heavy atom. The van der Waals surface area contributed by atoms with Crippen LogP contribution in [0.5, 0.6) is 5.75 Å². The Morgan fingerprint density at radius 2 is 1.89 bits per heavy atom. The van der Waals surface area contributed by atoms with E-state index in [0.717, 1.165) is 23.4 Å². The SMILES string of the molecule is CC(C)Cc1cc(=O)c2cc(OC(C)C)ccc2[nH]1. The first-order chi connectivity index (χ1) is 8.95. The van der Waals surface area contributed by atoms with Crippen LogP contribution in [0.15, 0.2) is 29.1 Å². The average molecular weight is 259 g/mol. The number of hydrogen-bond acceptors (Lipinski definition) is 2. The number of pyridine rings is 1. The van der Waals surface area contributed by atoms with Gasteiger partial charge in [-0.3, -0.25) is 4.79 Å². The second-order valence-corrected chi connectivity index (χ2v) is 5.63. The average Bonchev–Trinajstić information content (AvgIpc) is 2.28. The molecule has 102 valence electrons. The molecule has 1 aromatic carbocycles. The topological polar surface area (TPSA) is 42.1 Å². The molecule has 2 rings (SSSR count). The van der Waals surface area contributed by atoms with E-state index < -0.39 is 0 Å². The van der Waals surface area contributed by atoms with Gasteiger partial charge in [-0.05, 0) is 44.4 Å². The Kier molecular flexibility index (Phi) is 3.93. The van der Waals surface area contributed by atoms with Gasteiger partial charge < -0.3 is 9.72 Å². The molecule has 1 N–H and O–H groups in total. The summed E-state index contributed by atoms with van der Waals surface area (Å²) < 4.78 is 5.62. The van der Waals surface area contributed by atoms with Crippen LogP contribution in [0.4, 0.5) is 0 Å². The lowest BCUT2D eigenvalue weighted by Gasteiger charge is -2.11. The first-order valence-corrected chi connectivity index (χ1v) is 6.78. The third kappa shape index (κ3) is 3.37. The summed E-state index contributed by atoms with van der Waals surface area (Å²) in [6, 6.07) is 7.32. The van der Waals surface area contributed by atoms with E-state index in [-0.39, 0.29) is 11.5 Å². The van der Waals surface area contributed by atoms with E-state index in [1.165, 1.54) is 0 Å². The minimum absolute atomic E-state index is 0.0543. The highest BCUT2D eigenvalue weighted by atomic mass is 16.5. The number of ether oxygens (including phenoxy) is 1. The van der Waals surface area contributed by atoms with Crippen molar-refractivity contribution in [3.8, 4) is 5.75 Å². The van der Waals surface area contributed by atoms with Crippen LogP contribution in [-0.4, -0.2) is 11.1 Å². The number of fused-ring (bicyclic) bond motifs is 1. The van der Waals surface area contributed by atoms with Gasteiger partial charge in [-0.2, -0.15) is 0 Å². The first kappa shape index (κ1) is 13.7. The maximum absolute atomic E-state index is 12.1. The van der Waals surface area contributed by atoms with Crippen molar-refractivity contribution in [1.82, 2.24) is 4.98 Å². The van der Waals surface area contributed by atoms with Crippen molar-refractivity contribution in [1.29, 1.82) is 0 Å². The fourth-order valence-electron chi connectivity index (χ4n) is 2.18. The molecule has 0 spiro atoms. The van der Waals surface area contributed by atoms with E-state index >= 15 is 0 Å². The second kappa shape index (κ2) is 5.47. The van der Waals surface area contributed by atoms with Gasteiger partial charge in [0.05, 0.1) is 6.10 Å². The summed E-state index contributed by atoms with van der Waals surface area (Å²) in [5.41, 5.74) is 1.92. The lowest BCUT2D eigenvalue weighted by Crippen LogP contribution is -2.09. The third-order valence-electron chi connectivity index (χ3n) is 2.86. The molecule has 0 atom stereocenters. The van der Waals surface area contributed by atoms with Crippen LogP contribution in [0.1, 0.15) is 33.4 Å². The number of rotatable bonds is 4. The highest BCUT2D eigenvalue weighted by Gasteiger charge is 2.06. The van der Waals surface area contributed by atoms with Gasteiger partial charge in [-0.15, -0.1) is 0 Å². The molecule has 0 bridgehead atoms. The van der Waals surface area contributed by atoms with Crippen molar-refractivity contribution in [2.75, 3.05) is 0 Å². The minimum atomic E-state index is 0.0543. The summed E-state index contributed by atoms with van der Waals surface area (Å²) in [6.07, 6.45) is 0.992. The van der Waals surface area contributed by atoms with Crippen LogP contribution in [-0.2, 0) is 6.42 Å². The molecule has 3 heteroatoms. The zero-order chi connectivity index (χ0) is 14.0. The first-order valence-electron chi connectivity index (χ1n) is 6.78. The molecular formula is C16H21NO2. The molecule has 0 radical (unpaired) electrons. The molecular weight excluding hydrogens is 238 g/mol. The van der Waals surface area contributed by atoms with Crippen molar-refractivity contribution in [2.45, 2.75) is 40.2 Å². The molecule has 1 aromatic heterocycles. The Labute approximate surface area is 113 Å². The summed E-state index contributed by atoms with van der Waals surface area (Å²) >= 11 is 0. The van der Waals surface area contributed by atoms with Gasteiger partial charge in [0.25, 0.3) is 0 Å². The number of nitrogens with one attached hydrogen (secondary N) is 1. The van der Waals surface area contributed by atoms with Crippen molar-refractivity contribution in [2.24, 2.45) is 5.92 Å². The molecule has 0 unspecified atom stereocenters. The van der Waals surface area contributed by atoms with Gasteiger partial charge in [0.2, 0.25) is 0 Å². The van der Waals surface area contributed by atoms with Crippen molar-refractivity contribution in [3.05, 3.63) is 40.2 Å². The molecule has 0 fully saturated rings. The molecule has 19 heavy (non-hydrogen) atoms. The molecule has 0 aliphatic heterocycles. The Hall–Kier alpha value is -1.77. The number of aromatic amines is 1. The molecule has 0 saturated heterocycles. The predicted molar refractivity (Wildman–Crippen MR) is 78.9 cm³/mol. The van der Waals surface area contributed by atoms with E-state index in [9.17, 15) is 4.79 Å². The lowest BCUT2D eigenvalue weighted by molar-refractivity contribution is 0.243. The summed E-state index contributed by atoms with van der Waals surface area (Å²) in [6.45, 7) is 8.23. The number of aromatic nitrogens is 1. The summed E-state index contributed by atoms with van der Waals surface area (Å²) in [5, 5.41) is 0.686. The van der Waals surface area contributed by atoms with Crippen LogP contribution >= 0.6 is 0 Å². The van der Waals surface area contributed by atoms with Crippen LogP contribution in [0.25, 0.3) is 10.9 Å². The molecule has 3 nitrogen and oxygen atoms in total. The van der Waals surface area contributed by atoms with Crippen molar-refractivity contribution in [3.63, 3.8) is 0 Å². The smallest absolute Gasteiger partial charge is 0.189 e. The monoisotopic (exact) mass is 259 g/mol. The maximum Gasteiger partial charge on any atom is 0.189 e. The molecule has 1 heterocycles. The van der Waals surface area contributed by atoms with E-state index in [1.807, 2.05) is 32.0 Å². The molecule has 0 amide bonds. The summed E-state index contributed by atoms with van der Waals surface area (Å²) in [5.74, 6) is 1.27. The Balaban J connectivity index is 2.45. The maximum atomic E-state index is 12.1. The van der Waals surface area contributed by atoms with Gasteiger partial charge in [-0.1, -0.05) is 13.8 Å². The van der Waals surface area contributed by atoms with Gasteiger partial charge in [0.1, 0.15) is 5.75 Å². The molecule has 2 aromatic rings. The normalized spacial score (nSPS) is 11.5. The number of H-pyrrole nitrogens is 1. The summed E-state index contributed by atoms with van der Waals surface area (Å²) in [7, 11) is 0. The largest absolute Gasteiger partial charge is 0.491 e. The highest BCUT2D eigenvalue weighted by Crippen LogP contribution is 2.19. The Bertz CT molecular complexity index is 626. The molecule has 0 aliphatic carbocycles. The minimum Gasteiger partial charge on any atom is -0.491 e. The van der Waals surface area contributed by atoms with E-state index in [2.05, 4.69) is 18.8 Å². The van der Waals surface area contributed by atoms with Crippen LogP contribution in [0.3, 0.4) is 0 Å². The predicted octanol–water partition coefficient (Wildman–Crippen LogP) is 3.51. The van der Waals surface area contributed by atoms with Crippen LogP contribution in [0, 0.1) is 5.92 Å². The zero-order valence-electron chi connectivity index (χ0n) is 12.0. The van der Waals surface area contributed by atoms with Crippen LogP contribution < -0.4 is 10.2 Å². The van der Waals surface area contributed by atoms with Crippen molar-refractivity contribution >= 4 is 10.9 Å². The van der Waals surface area contributed by atoms with Gasteiger partial charge in [0, 0.05) is 22.7 Å². The summed E-state index contributed by atoms with van der Waals surface area (Å²) in [4.78, 5) is 15.5. The molecule has 0 saturated carbocycles. The quantitative estimate of drug-likeness (QED) is 0.913. The fourth-order valence-corrected chi connectivity index (χ4v) is 2.18. The second-order valence-electron chi connectivity index (χ2n) is 5.63. The zero-order valence-corrected chi connectivity index (χ0v) is 12.0. The third-order valence-corrected chi connectivity index (χ3v) is 2.86. The van der Waals surface area contributed by atoms with Gasteiger partial charge in [0.15, 0.2) is 5.43 Å². The van der Waals surface area contributed by atoms with Gasteiger partial charge in [-0.25, -0.2) is 0 Å². The fraction of sp³-hybridized carbons (Fsp3) is 0.438. The number of benzene rings is 1. The van der Waals surface area contributed by atoms with E-state index in [4.69, 9.17) is 4.74 Å².